The summed E-state index contributed by atoms with van der Waals surface area (Å²) in [4.78, 5) is 31.9. The average Bonchev–Trinajstić information content (AvgIpc) is 3.23. The largest absolute Gasteiger partial charge is 0.352 e. The highest BCUT2D eigenvalue weighted by Gasteiger charge is 2.37. The summed E-state index contributed by atoms with van der Waals surface area (Å²) in [6.07, 6.45) is 7.17. The first-order valence-corrected chi connectivity index (χ1v) is 8.99. The third-order valence-corrected chi connectivity index (χ3v) is 5.35. The minimum absolute atomic E-state index is 0.0257. The van der Waals surface area contributed by atoms with Gasteiger partial charge in [-0.2, -0.15) is 0 Å². The van der Waals surface area contributed by atoms with Gasteiger partial charge in [0.2, 0.25) is 11.8 Å². The van der Waals surface area contributed by atoms with E-state index in [2.05, 4.69) is 5.32 Å². The molecule has 2 amide bonds. The smallest absolute Gasteiger partial charge is 0.240 e. The van der Waals surface area contributed by atoms with Crippen molar-refractivity contribution in [3.8, 4) is 0 Å². The van der Waals surface area contributed by atoms with Gasteiger partial charge < -0.3 is 10.2 Å². The molecule has 24 heavy (non-hydrogen) atoms. The summed E-state index contributed by atoms with van der Waals surface area (Å²) in [5, 5.41) is 3.09. The van der Waals surface area contributed by atoms with Crippen molar-refractivity contribution >= 4 is 28.9 Å². The summed E-state index contributed by atoms with van der Waals surface area (Å²) in [6, 6.07) is 7.92. The minimum Gasteiger partial charge on any atom is -0.352 e. The average molecular weight is 325 g/mol. The first-order valence-electron chi connectivity index (χ1n) is 8.99. The Hall–Kier alpha value is -2.17. The molecule has 0 aromatic heterocycles. The van der Waals surface area contributed by atoms with Crippen LogP contribution in [-0.4, -0.2) is 30.1 Å². The number of nitrogens with zero attached hydrogens (tertiary/aromatic N) is 2. The second-order valence-electron chi connectivity index (χ2n) is 7.01. The standard InChI is InChI=1S/C19H23N3O2/c23-18(20-13-6-1-2-7-13)12-22-17-11-4-3-9-16(17)21-15-10-5-8-14(15)19(22)24/h3-4,9,11,13-14H,1-2,5-8,10,12H2,(H,20,23). The molecule has 5 heteroatoms. The molecule has 2 fully saturated rings. The molecule has 0 saturated heterocycles. The van der Waals surface area contributed by atoms with Gasteiger partial charge in [0.05, 0.1) is 17.3 Å². The fourth-order valence-electron chi connectivity index (χ4n) is 4.13. The lowest BCUT2D eigenvalue weighted by Gasteiger charge is -2.25. The summed E-state index contributed by atoms with van der Waals surface area (Å²) in [7, 11) is 0. The fraction of sp³-hybridized carbons (Fsp3) is 0.526. The zero-order valence-corrected chi connectivity index (χ0v) is 13.8. The van der Waals surface area contributed by atoms with Crippen molar-refractivity contribution in [2.45, 2.75) is 51.0 Å². The van der Waals surface area contributed by atoms with E-state index in [0.29, 0.717) is 0 Å². The molecule has 1 aromatic carbocycles. The monoisotopic (exact) mass is 325 g/mol. The van der Waals surface area contributed by atoms with Crippen molar-refractivity contribution in [3.05, 3.63) is 24.3 Å². The van der Waals surface area contributed by atoms with Crippen LogP contribution in [-0.2, 0) is 9.59 Å². The molecule has 126 valence electrons. The van der Waals surface area contributed by atoms with Crippen LogP contribution in [0.5, 0.6) is 0 Å². The number of aliphatic imine (C=N–C) groups is 1. The number of para-hydroxylation sites is 2. The molecule has 1 atom stereocenters. The Morgan fingerprint density at radius 2 is 1.96 bits per heavy atom. The zero-order chi connectivity index (χ0) is 16.5. The second kappa shape index (κ2) is 6.38. The van der Waals surface area contributed by atoms with E-state index in [-0.39, 0.29) is 30.3 Å². The number of carbonyl (C=O) groups is 2. The Kier molecular flexibility index (Phi) is 4.08. The normalized spacial score (nSPS) is 23.5. The summed E-state index contributed by atoms with van der Waals surface area (Å²) >= 11 is 0. The maximum absolute atomic E-state index is 13.0. The van der Waals surface area contributed by atoms with Gasteiger partial charge in [0.1, 0.15) is 6.54 Å². The van der Waals surface area contributed by atoms with Crippen LogP contribution < -0.4 is 10.2 Å². The zero-order valence-electron chi connectivity index (χ0n) is 13.8. The molecule has 0 radical (unpaired) electrons. The number of hydrogen-bond donors (Lipinski definition) is 1. The van der Waals surface area contributed by atoms with Crippen LogP contribution >= 0.6 is 0 Å². The molecule has 0 spiro atoms. The van der Waals surface area contributed by atoms with E-state index in [1.807, 2.05) is 24.3 Å². The van der Waals surface area contributed by atoms with Crippen molar-refractivity contribution in [1.29, 1.82) is 0 Å². The number of benzene rings is 1. The van der Waals surface area contributed by atoms with Gasteiger partial charge in [-0.3, -0.25) is 14.6 Å². The molecule has 1 aromatic rings. The molecule has 4 rings (SSSR count). The minimum atomic E-state index is -0.156. The lowest BCUT2D eigenvalue weighted by Crippen LogP contribution is -2.45. The summed E-state index contributed by atoms with van der Waals surface area (Å²) < 4.78 is 0. The van der Waals surface area contributed by atoms with Gasteiger partial charge in [-0.05, 0) is 44.2 Å². The third kappa shape index (κ3) is 2.83. The highest BCUT2D eigenvalue weighted by Crippen LogP contribution is 2.37. The quantitative estimate of drug-likeness (QED) is 0.928. The number of rotatable bonds is 3. The number of hydrogen-bond acceptors (Lipinski definition) is 3. The molecule has 2 saturated carbocycles. The molecule has 1 heterocycles. The second-order valence-corrected chi connectivity index (χ2v) is 7.01. The Balaban J connectivity index is 1.59. The highest BCUT2D eigenvalue weighted by molar-refractivity contribution is 6.16. The van der Waals surface area contributed by atoms with Gasteiger partial charge in [0.25, 0.3) is 0 Å². The molecule has 1 unspecified atom stereocenters. The number of fused-ring (bicyclic) bond motifs is 2. The van der Waals surface area contributed by atoms with E-state index >= 15 is 0 Å². The summed E-state index contributed by atoms with van der Waals surface area (Å²) in [5.41, 5.74) is 2.54. The van der Waals surface area contributed by atoms with E-state index in [9.17, 15) is 9.59 Å². The SMILES string of the molecule is O=C(CN1C(=O)C2CCCC2=Nc2ccccc21)NC1CCCC1. The van der Waals surface area contributed by atoms with Crippen LogP contribution in [0.1, 0.15) is 44.9 Å². The van der Waals surface area contributed by atoms with Crippen LogP contribution in [0.2, 0.25) is 0 Å². The fourth-order valence-corrected chi connectivity index (χ4v) is 4.13. The Morgan fingerprint density at radius 1 is 1.17 bits per heavy atom. The highest BCUT2D eigenvalue weighted by atomic mass is 16.2. The predicted octanol–water partition coefficient (Wildman–Crippen LogP) is 2.96. The maximum atomic E-state index is 13.0. The maximum Gasteiger partial charge on any atom is 0.240 e. The van der Waals surface area contributed by atoms with Crippen LogP contribution in [0.3, 0.4) is 0 Å². The van der Waals surface area contributed by atoms with Crippen LogP contribution in [0.25, 0.3) is 0 Å². The molecule has 2 aliphatic carbocycles. The van der Waals surface area contributed by atoms with Crippen LogP contribution in [0.4, 0.5) is 11.4 Å². The molecule has 3 aliphatic rings. The first-order chi connectivity index (χ1) is 11.7. The van der Waals surface area contributed by atoms with E-state index < -0.39 is 0 Å². The molecular weight excluding hydrogens is 302 g/mol. The van der Waals surface area contributed by atoms with Crippen molar-refractivity contribution in [1.82, 2.24) is 5.32 Å². The van der Waals surface area contributed by atoms with Crippen LogP contribution in [0.15, 0.2) is 29.3 Å². The number of anilines is 1. The number of amides is 2. The Morgan fingerprint density at radius 3 is 2.79 bits per heavy atom. The predicted molar refractivity (Wildman–Crippen MR) is 93.6 cm³/mol. The first kappa shape index (κ1) is 15.4. The van der Waals surface area contributed by atoms with Gasteiger partial charge in [0, 0.05) is 11.8 Å². The molecule has 5 nitrogen and oxygen atoms in total. The van der Waals surface area contributed by atoms with E-state index in [1.165, 1.54) is 12.8 Å². The Bertz CT molecular complexity index is 692. The lowest BCUT2D eigenvalue weighted by atomic mass is 10.1. The molecule has 1 aliphatic heterocycles. The third-order valence-electron chi connectivity index (χ3n) is 5.35. The lowest BCUT2D eigenvalue weighted by molar-refractivity contribution is -0.125. The van der Waals surface area contributed by atoms with E-state index in [1.54, 1.807) is 4.90 Å². The molecular formula is C19H23N3O2. The molecule has 1 N–H and O–H groups in total. The van der Waals surface area contributed by atoms with Crippen LogP contribution in [0, 0.1) is 5.92 Å². The summed E-state index contributed by atoms with van der Waals surface area (Å²) in [5.74, 6) is -0.194. The van der Waals surface area contributed by atoms with Gasteiger partial charge in [-0.15, -0.1) is 0 Å². The Labute approximate surface area is 142 Å². The number of nitrogens with one attached hydrogen (secondary N) is 1. The van der Waals surface area contributed by atoms with Gasteiger partial charge in [-0.1, -0.05) is 25.0 Å². The van der Waals surface area contributed by atoms with Crippen molar-refractivity contribution in [3.63, 3.8) is 0 Å². The van der Waals surface area contributed by atoms with Crippen molar-refractivity contribution in [2.75, 3.05) is 11.4 Å². The molecule has 0 bridgehead atoms. The topological polar surface area (TPSA) is 61.8 Å². The van der Waals surface area contributed by atoms with E-state index in [0.717, 1.165) is 49.2 Å². The number of carbonyl (C=O) groups excluding carboxylic acids is 2. The van der Waals surface area contributed by atoms with Gasteiger partial charge in [-0.25, -0.2) is 0 Å². The van der Waals surface area contributed by atoms with Crippen molar-refractivity contribution in [2.24, 2.45) is 10.9 Å². The summed E-state index contributed by atoms with van der Waals surface area (Å²) in [6.45, 7) is 0.0889. The van der Waals surface area contributed by atoms with Gasteiger partial charge >= 0.3 is 0 Å². The van der Waals surface area contributed by atoms with E-state index in [4.69, 9.17) is 4.99 Å². The van der Waals surface area contributed by atoms with Gasteiger partial charge in [0.15, 0.2) is 0 Å². The van der Waals surface area contributed by atoms with Crippen molar-refractivity contribution < 1.29 is 9.59 Å².